The van der Waals surface area contributed by atoms with E-state index in [1.807, 2.05) is 13.8 Å². The van der Waals surface area contributed by atoms with Crippen molar-refractivity contribution in [3.05, 3.63) is 16.1 Å². The van der Waals surface area contributed by atoms with Crippen molar-refractivity contribution in [2.75, 3.05) is 26.2 Å². The van der Waals surface area contributed by atoms with Crippen LogP contribution in [0.1, 0.15) is 49.3 Å². The summed E-state index contributed by atoms with van der Waals surface area (Å²) in [6.07, 6.45) is 1.63. The standard InChI is InChI=1S/C17H26N4O3S/c1-11(2)19-13(22)15(24)21-8-6-20(7-9-21)14(23)12-10-18-16(25-12)17(3,4)5/h10-11H,6-9H2,1-5H3,(H,19,22). The number of thiazole rings is 1. The lowest BCUT2D eigenvalue weighted by molar-refractivity contribution is -0.147. The molecule has 7 nitrogen and oxygen atoms in total. The van der Waals surface area contributed by atoms with Gasteiger partial charge in [0.1, 0.15) is 4.88 Å². The molecule has 0 bridgehead atoms. The molecule has 1 fully saturated rings. The molecule has 0 atom stereocenters. The first kappa shape index (κ1) is 19.4. The number of rotatable bonds is 2. The van der Waals surface area contributed by atoms with E-state index in [-0.39, 0.29) is 17.4 Å². The molecule has 1 N–H and O–H groups in total. The van der Waals surface area contributed by atoms with Crippen molar-refractivity contribution in [2.24, 2.45) is 0 Å². The Morgan fingerprint density at radius 2 is 1.68 bits per heavy atom. The fourth-order valence-electron chi connectivity index (χ4n) is 2.46. The van der Waals surface area contributed by atoms with Crippen LogP contribution in [0.3, 0.4) is 0 Å². The van der Waals surface area contributed by atoms with Crippen LogP contribution in [-0.4, -0.2) is 64.7 Å². The minimum Gasteiger partial charge on any atom is -0.346 e. The zero-order valence-electron chi connectivity index (χ0n) is 15.5. The van der Waals surface area contributed by atoms with E-state index in [4.69, 9.17) is 0 Å². The highest BCUT2D eigenvalue weighted by molar-refractivity contribution is 7.13. The molecule has 0 spiro atoms. The van der Waals surface area contributed by atoms with Crippen molar-refractivity contribution in [1.29, 1.82) is 0 Å². The van der Waals surface area contributed by atoms with Crippen LogP contribution in [0.25, 0.3) is 0 Å². The monoisotopic (exact) mass is 366 g/mol. The fourth-order valence-corrected chi connectivity index (χ4v) is 3.40. The van der Waals surface area contributed by atoms with E-state index >= 15 is 0 Å². The molecular formula is C17H26N4O3S. The van der Waals surface area contributed by atoms with Crippen molar-refractivity contribution < 1.29 is 14.4 Å². The number of piperazine rings is 1. The summed E-state index contributed by atoms with van der Waals surface area (Å²) < 4.78 is 0. The van der Waals surface area contributed by atoms with Crippen molar-refractivity contribution in [3.8, 4) is 0 Å². The minimum absolute atomic E-state index is 0.0632. The van der Waals surface area contributed by atoms with Crippen LogP contribution >= 0.6 is 11.3 Å². The number of amides is 3. The van der Waals surface area contributed by atoms with E-state index in [9.17, 15) is 14.4 Å². The Kier molecular flexibility index (Phi) is 5.82. The summed E-state index contributed by atoms with van der Waals surface area (Å²) >= 11 is 1.41. The molecule has 0 aromatic carbocycles. The van der Waals surface area contributed by atoms with Crippen LogP contribution < -0.4 is 5.32 Å². The number of nitrogens with one attached hydrogen (secondary N) is 1. The second kappa shape index (κ2) is 7.51. The van der Waals surface area contributed by atoms with Gasteiger partial charge in [0.15, 0.2) is 0 Å². The molecule has 2 rings (SSSR count). The van der Waals surface area contributed by atoms with Gasteiger partial charge >= 0.3 is 11.8 Å². The highest BCUT2D eigenvalue weighted by atomic mass is 32.1. The largest absolute Gasteiger partial charge is 0.346 e. The van der Waals surface area contributed by atoms with E-state index in [0.717, 1.165) is 5.01 Å². The zero-order chi connectivity index (χ0) is 18.8. The van der Waals surface area contributed by atoms with Crippen molar-refractivity contribution in [1.82, 2.24) is 20.1 Å². The molecule has 1 aromatic rings. The van der Waals surface area contributed by atoms with Gasteiger partial charge in [-0.05, 0) is 13.8 Å². The van der Waals surface area contributed by atoms with Crippen LogP contribution in [0, 0.1) is 0 Å². The second-order valence-electron chi connectivity index (χ2n) is 7.49. The second-order valence-corrected chi connectivity index (χ2v) is 8.52. The number of hydrogen-bond acceptors (Lipinski definition) is 5. The number of hydrogen-bond donors (Lipinski definition) is 1. The SMILES string of the molecule is CC(C)NC(=O)C(=O)N1CCN(C(=O)c2cnc(C(C)(C)C)s2)CC1. The van der Waals surface area contributed by atoms with Gasteiger partial charge in [0.25, 0.3) is 5.91 Å². The number of aromatic nitrogens is 1. The van der Waals surface area contributed by atoms with Crippen LogP contribution in [-0.2, 0) is 15.0 Å². The lowest BCUT2D eigenvalue weighted by atomic mass is 9.98. The third-order valence-corrected chi connectivity index (χ3v) is 5.24. The first-order valence-electron chi connectivity index (χ1n) is 8.45. The molecule has 0 aliphatic carbocycles. The first-order chi connectivity index (χ1) is 11.6. The van der Waals surface area contributed by atoms with E-state index in [1.165, 1.54) is 16.2 Å². The molecule has 8 heteroatoms. The highest BCUT2D eigenvalue weighted by Gasteiger charge is 2.29. The number of carbonyl (C=O) groups is 3. The summed E-state index contributed by atoms with van der Waals surface area (Å²) in [7, 11) is 0. The molecular weight excluding hydrogens is 340 g/mol. The van der Waals surface area contributed by atoms with Gasteiger partial charge in [-0.2, -0.15) is 0 Å². The Morgan fingerprint density at radius 3 is 2.16 bits per heavy atom. The van der Waals surface area contributed by atoms with Gasteiger partial charge in [-0.3, -0.25) is 14.4 Å². The average Bonchev–Trinajstić information content (AvgIpc) is 3.03. The molecule has 138 valence electrons. The van der Waals surface area contributed by atoms with E-state index < -0.39 is 11.8 Å². The molecule has 1 saturated heterocycles. The maximum Gasteiger partial charge on any atom is 0.312 e. The molecule has 1 aliphatic heterocycles. The zero-order valence-corrected chi connectivity index (χ0v) is 16.3. The molecule has 0 unspecified atom stereocenters. The van der Waals surface area contributed by atoms with Crippen LogP contribution in [0.5, 0.6) is 0 Å². The van der Waals surface area contributed by atoms with Gasteiger partial charge in [0.05, 0.1) is 11.2 Å². The molecule has 1 aliphatic rings. The van der Waals surface area contributed by atoms with Gasteiger partial charge in [0, 0.05) is 37.6 Å². The topological polar surface area (TPSA) is 82.6 Å². The Balaban J connectivity index is 1.93. The smallest absolute Gasteiger partial charge is 0.312 e. The quantitative estimate of drug-likeness (QED) is 0.799. The lowest BCUT2D eigenvalue weighted by Gasteiger charge is -2.34. The Labute approximate surface area is 152 Å². The number of nitrogens with zero attached hydrogens (tertiary/aromatic N) is 3. The maximum absolute atomic E-state index is 12.6. The van der Waals surface area contributed by atoms with E-state index in [0.29, 0.717) is 31.1 Å². The van der Waals surface area contributed by atoms with Crippen LogP contribution in [0.15, 0.2) is 6.20 Å². The van der Waals surface area contributed by atoms with Gasteiger partial charge < -0.3 is 15.1 Å². The third-order valence-electron chi connectivity index (χ3n) is 3.83. The van der Waals surface area contributed by atoms with Gasteiger partial charge in [0.2, 0.25) is 0 Å². The van der Waals surface area contributed by atoms with E-state index in [1.54, 1.807) is 11.1 Å². The van der Waals surface area contributed by atoms with Gasteiger partial charge in [-0.1, -0.05) is 20.8 Å². The van der Waals surface area contributed by atoms with Crippen molar-refractivity contribution in [3.63, 3.8) is 0 Å². The maximum atomic E-state index is 12.6. The summed E-state index contributed by atoms with van der Waals surface area (Å²) in [5.74, 6) is -1.19. The first-order valence-corrected chi connectivity index (χ1v) is 9.26. The third kappa shape index (κ3) is 4.78. The average molecular weight is 366 g/mol. The molecule has 0 radical (unpaired) electrons. The predicted octanol–water partition coefficient (Wildman–Crippen LogP) is 1.25. The molecule has 25 heavy (non-hydrogen) atoms. The van der Waals surface area contributed by atoms with Gasteiger partial charge in [-0.15, -0.1) is 11.3 Å². The summed E-state index contributed by atoms with van der Waals surface area (Å²) in [6, 6.07) is -0.0809. The normalized spacial score (nSPS) is 15.4. The van der Waals surface area contributed by atoms with E-state index in [2.05, 4.69) is 31.1 Å². The Hall–Kier alpha value is -1.96. The molecule has 2 heterocycles. The van der Waals surface area contributed by atoms with Crippen molar-refractivity contribution in [2.45, 2.75) is 46.1 Å². The minimum atomic E-state index is -0.591. The van der Waals surface area contributed by atoms with Crippen LogP contribution in [0.2, 0.25) is 0 Å². The molecule has 1 aromatic heterocycles. The van der Waals surface area contributed by atoms with Gasteiger partial charge in [-0.25, -0.2) is 4.98 Å². The Morgan fingerprint density at radius 1 is 1.12 bits per heavy atom. The summed E-state index contributed by atoms with van der Waals surface area (Å²) in [4.78, 5) is 44.7. The lowest BCUT2D eigenvalue weighted by Crippen LogP contribution is -2.54. The molecule has 3 amide bonds. The number of carbonyl (C=O) groups excluding carboxylic acids is 3. The Bertz CT molecular complexity index is 655. The van der Waals surface area contributed by atoms with Crippen molar-refractivity contribution >= 4 is 29.1 Å². The fraction of sp³-hybridized carbons (Fsp3) is 0.647. The highest BCUT2D eigenvalue weighted by Crippen LogP contribution is 2.27. The summed E-state index contributed by atoms with van der Waals surface area (Å²) in [5, 5.41) is 3.53. The summed E-state index contributed by atoms with van der Waals surface area (Å²) in [6.45, 7) is 11.4. The summed E-state index contributed by atoms with van der Waals surface area (Å²) in [5.41, 5.74) is -0.0852. The van der Waals surface area contributed by atoms with Crippen LogP contribution in [0.4, 0.5) is 0 Å². The molecule has 0 saturated carbocycles. The predicted molar refractivity (Wildman–Crippen MR) is 96.6 cm³/mol.